The molecule has 1 aromatic heterocycles. The van der Waals surface area contributed by atoms with Crippen molar-refractivity contribution < 1.29 is 9.90 Å². The molecule has 4 rings (SSSR count). The number of H-pyrrole nitrogens is 1. The second-order valence-electron chi connectivity index (χ2n) is 7.46. The van der Waals surface area contributed by atoms with Crippen LogP contribution in [0.25, 0.3) is 11.1 Å². The molecule has 2 aliphatic heterocycles. The van der Waals surface area contributed by atoms with Crippen LogP contribution in [0.4, 0.5) is 0 Å². The van der Waals surface area contributed by atoms with Crippen LogP contribution in [-0.2, 0) is 4.79 Å². The number of aromatic amines is 1. The van der Waals surface area contributed by atoms with E-state index in [1.54, 1.807) is 0 Å². The number of amides is 1. The number of nitrogens with zero attached hydrogens (tertiary/aromatic N) is 2. The van der Waals surface area contributed by atoms with Crippen molar-refractivity contribution in [2.75, 3.05) is 19.6 Å². The van der Waals surface area contributed by atoms with Crippen molar-refractivity contribution in [3.8, 4) is 11.1 Å². The van der Waals surface area contributed by atoms with Crippen molar-refractivity contribution in [2.45, 2.75) is 44.2 Å². The van der Waals surface area contributed by atoms with E-state index in [-0.39, 0.29) is 11.9 Å². The summed E-state index contributed by atoms with van der Waals surface area (Å²) in [5.74, 6) is 0.516. The highest BCUT2D eigenvalue weighted by Gasteiger charge is 2.34. The summed E-state index contributed by atoms with van der Waals surface area (Å²) in [4.78, 5) is 14.5. The van der Waals surface area contributed by atoms with E-state index in [0.717, 1.165) is 25.9 Å². The number of rotatable bonds is 3. The van der Waals surface area contributed by atoms with Crippen LogP contribution in [0.1, 0.15) is 36.4 Å². The summed E-state index contributed by atoms with van der Waals surface area (Å²) in [6.07, 6.45) is 3.91. The van der Waals surface area contributed by atoms with Crippen LogP contribution >= 0.6 is 0 Å². The molecule has 2 aromatic rings. The number of benzene rings is 1. The second kappa shape index (κ2) is 7.21. The van der Waals surface area contributed by atoms with Gasteiger partial charge in [-0.25, -0.2) is 0 Å². The smallest absolute Gasteiger partial charge is 0.239 e. The average molecular weight is 354 g/mol. The summed E-state index contributed by atoms with van der Waals surface area (Å²) in [6, 6.07) is 8.15. The number of hydrogen-bond donors (Lipinski definition) is 3. The number of likely N-dealkylation sites (tertiary alicyclic amines) is 1. The largest absolute Gasteiger partial charge is 0.392 e. The monoisotopic (exact) mass is 354 g/mol. The summed E-state index contributed by atoms with van der Waals surface area (Å²) in [7, 11) is 0. The molecular formula is C20H26N4O2. The first-order valence-electron chi connectivity index (χ1n) is 9.43. The van der Waals surface area contributed by atoms with Gasteiger partial charge in [-0.1, -0.05) is 24.3 Å². The average Bonchev–Trinajstić information content (AvgIpc) is 3.31. The molecule has 0 saturated carbocycles. The van der Waals surface area contributed by atoms with Gasteiger partial charge in [0.15, 0.2) is 0 Å². The third kappa shape index (κ3) is 3.27. The minimum absolute atomic E-state index is 0.128. The van der Waals surface area contributed by atoms with E-state index in [0.29, 0.717) is 18.9 Å². The molecule has 1 aromatic carbocycles. The van der Waals surface area contributed by atoms with Crippen LogP contribution < -0.4 is 5.32 Å². The molecule has 0 unspecified atom stereocenters. The van der Waals surface area contributed by atoms with E-state index in [9.17, 15) is 9.90 Å². The highest BCUT2D eigenvalue weighted by molar-refractivity contribution is 5.82. The molecule has 2 atom stereocenters. The van der Waals surface area contributed by atoms with E-state index < -0.39 is 6.10 Å². The molecule has 6 nitrogen and oxygen atoms in total. The molecule has 2 aliphatic rings. The van der Waals surface area contributed by atoms with E-state index in [4.69, 9.17) is 0 Å². The topological polar surface area (TPSA) is 81.2 Å². The third-order valence-electron chi connectivity index (χ3n) is 5.72. The number of β-amino-alcohol motifs (C(OH)–C–C–N with tert-alkyl or cyclic N) is 1. The van der Waals surface area contributed by atoms with Gasteiger partial charge in [-0.2, -0.15) is 5.10 Å². The Morgan fingerprint density at radius 2 is 2.00 bits per heavy atom. The summed E-state index contributed by atoms with van der Waals surface area (Å²) in [5, 5.41) is 20.3. The van der Waals surface area contributed by atoms with E-state index in [1.165, 1.54) is 22.4 Å². The molecule has 6 heteroatoms. The van der Waals surface area contributed by atoms with Gasteiger partial charge in [-0.05, 0) is 37.3 Å². The van der Waals surface area contributed by atoms with Gasteiger partial charge >= 0.3 is 0 Å². The molecule has 2 fully saturated rings. The lowest BCUT2D eigenvalue weighted by atomic mass is 9.88. The Labute approximate surface area is 153 Å². The summed E-state index contributed by atoms with van der Waals surface area (Å²) < 4.78 is 0. The maximum absolute atomic E-state index is 12.6. The van der Waals surface area contributed by atoms with Crippen molar-refractivity contribution in [3.63, 3.8) is 0 Å². The fourth-order valence-corrected chi connectivity index (χ4v) is 4.21. The molecule has 0 radical (unpaired) electrons. The Balaban J connectivity index is 1.44. The fraction of sp³-hybridized carbons (Fsp3) is 0.500. The third-order valence-corrected chi connectivity index (χ3v) is 5.72. The predicted molar refractivity (Wildman–Crippen MR) is 99.7 cm³/mol. The summed E-state index contributed by atoms with van der Waals surface area (Å²) in [5.41, 5.74) is 4.82. The molecule has 0 spiro atoms. The Hall–Kier alpha value is -2.18. The molecule has 26 heavy (non-hydrogen) atoms. The van der Waals surface area contributed by atoms with Crippen molar-refractivity contribution in [2.24, 2.45) is 0 Å². The molecule has 3 N–H and O–H groups in total. The van der Waals surface area contributed by atoms with Gasteiger partial charge in [0, 0.05) is 36.8 Å². The number of hydrogen-bond acceptors (Lipinski definition) is 4. The molecule has 0 aliphatic carbocycles. The highest BCUT2D eigenvalue weighted by atomic mass is 16.3. The molecule has 0 bridgehead atoms. The Morgan fingerprint density at radius 1 is 1.23 bits per heavy atom. The van der Waals surface area contributed by atoms with Gasteiger partial charge in [0.05, 0.1) is 18.3 Å². The number of piperidine rings is 1. The zero-order valence-corrected chi connectivity index (χ0v) is 15.1. The Kier molecular flexibility index (Phi) is 4.78. The first-order valence-corrected chi connectivity index (χ1v) is 9.43. The normalized spacial score (nSPS) is 24.2. The molecule has 3 heterocycles. The van der Waals surface area contributed by atoms with E-state index in [2.05, 4.69) is 46.7 Å². The van der Waals surface area contributed by atoms with Gasteiger partial charge in [-0.15, -0.1) is 0 Å². The number of carbonyl (C=O) groups excluding carboxylic acids is 1. The lowest BCUT2D eigenvalue weighted by Gasteiger charge is -2.33. The number of aliphatic hydroxyl groups excluding tert-OH is 1. The van der Waals surface area contributed by atoms with Gasteiger partial charge in [0.1, 0.15) is 0 Å². The lowest BCUT2D eigenvalue weighted by molar-refractivity contribution is -0.134. The first-order chi connectivity index (χ1) is 12.6. The minimum Gasteiger partial charge on any atom is -0.392 e. The number of carbonyl (C=O) groups is 1. The summed E-state index contributed by atoms with van der Waals surface area (Å²) >= 11 is 0. The van der Waals surface area contributed by atoms with E-state index in [1.807, 2.05) is 11.1 Å². The van der Waals surface area contributed by atoms with Crippen LogP contribution in [0.5, 0.6) is 0 Å². The zero-order chi connectivity index (χ0) is 18.1. The SMILES string of the molecule is Cc1ccccc1-c1cn[nH]c1C1CCN(C(=O)[C@@H]2C[C@@H](O)CN2)CC1. The van der Waals surface area contributed by atoms with Gasteiger partial charge in [0.2, 0.25) is 5.91 Å². The first kappa shape index (κ1) is 17.2. The summed E-state index contributed by atoms with van der Waals surface area (Å²) in [6.45, 7) is 4.14. The van der Waals surface area contributed by atoms with Crippen LogP contribution in [0.15, 0.2) is 30.5 Å². The standard InChI is InChI=1S/C20H26N4O2/c1-13-4-2-3-5-16(13)17-12-22-23-19(17)14-6-8-24(9-7-14)20(26)18-10-15(25)11-21-18/h2-5,12,14-15,18,21,25H,6-11H2,1H3,(H,22,23)/t15-,18+/m1/s1. The second-order valence-corrected chi connectivity index (χ2v) is 7.46. The number of aromatic nitrogens is 2. The molecule has 2 saturated heterocycles. The van der Waals surface area contributed by atoms with E-state index >= 15 is 0 Å². The van der Waals surface area contributed by atoms with Crippen LogP contribution in [0, 0.1) is 6.92 Å². The molecule has 138 valence electrons. The number of aryl methyl sites for hydroxylation is 1. The van der Waals surface area contributed by atoms with Crippen molar-refractivity contribution in [1.82, 2.24) is 20.4 Å². The molecular weight excluding hydrogens is 328 g/mol. The van der Waals surface area contributed by atoms with Gasteiger partial charge in [-0.3, -0.25) is 9.89 Å². The maximum atomic E-state index is 12.6. The quantitative estimate of drug-likeness (QED) is 0.785. The number of nitrogens with one attached hydrogen (secondary N) is 2. The predicted octanol–water partition coefficient (Wildman–Crippen LogP) is 1.81. The Morgan fingerprint density at radius 3 is 2.69 bits per heavy atom. The zero-order valence-electron chi connectivity index (χ0n) is 15.1. The highest BCUT2D eigenvalue weighted by Crippen LogP contribution is 2.35. The van der Waals surface area contributed by atoms with Crippen molar-refractivity contribution in [1.29, 1.82) is 0 Å². The fourth-order valence-electron chi connectivity index (χ4n) is 4.21. The van der Waals surface area contributed by atoms with Gasteiger partial charge < -0.3 is 15.3 Å². The lowest BCUT2D eigenvalue weighted by Crippen LogP contribution is -2.46. The van der Waals surface area contributed by atoms with Crippen molar-refractivity contribution >= 4 is 5.91 Å². The van der Waals surface area contributed by atoms with Crippen LogP contribution in [0.3, 0.4) is 0 Å². The van der Waals surface area contributed by atoms with Gasteiger partial charge in [0.25, 0.3) is 0 Å². The number of aliphatic hydroxyl groups is 1. The van der Waals surface area contributed by atoms with Crippen molar-refractivity contribution in [3.05, 3.63) is 41.7 Å². The maximum Gasteiger partial charge on any atom is 0.239 e. The Bertz CT molecular complexity index is 780. The molecule has 1 amide bonds. The minimum atomic E-state index is -0.400. The van der Waals surface area contributed by atoms with Crippen LogP contribution in [0.2, 0.25) is 0 Å². The van der Waals surface area contributed by atoms with Crippen LogP contribution in [-0.4, -0.2) is 57.9 Å².